The van der Waals surface area contributed by atoms with Crippen LogP contribution in [0, 0.1) is 6.92 Å². The maximum atomic E-state index is 9.88. The lowest BCUT2D eigenvalue weighted by Crippen LogP contribution is -2.29. The Kier molecular flexibility index (Phi) is 3.76. The second kappa shape index (κ2) is 5.12. The molecule has 2 atom stereocenters. The van der Waals surface area contributed by atoms with E-state index >= 15 is 0 Å². The molecule has 0 bridgehead atoms. The molecule has 1 saturated heterocycles. The Balaban J connectivity index is 1.91. The summed E-state index contributed by atoms with van der Waals surface area (Å²) in [5.74, 6) is 0. The SMILES string of the molecule is Cc1nonc1CN1C[C@H](OC(C)C)[C@@H](O)C1. The van der Waals surface area contributed by atoms with Crippen LogP contribution in [-0.2, 0) is 11.3 Å². The summed E-state index contributed by atoms with van der Waals surface area (Å²) in [7, 11) is 0. The highest BCUT2D eigenvalue weighted by molar-refractivity contribution is 5.05. The second-order valence-electron chi connectivity index (χ2n) is 4.78. The van der Waals surface area contributed by atoms with E-state index in [2.05, 4.69) is 19.8 Å². The topological polar surface area (TPSA) is 71.6 Å². The maximum absolute atomic E-state index is 9.88. The van der Waals surface area contributed by atoms with E-state index in [1.807, 2.05) is 20.8 Å². The van der Waals surface area contributed by atoms with Gasteiger partial charge in [-0.25, -0.2) is 4.63 Å². The van der Waals surface area contributed by atoms with E-state index in [1.165, 1.54) is 0 Å². The molecule has 6 heteroatoms. The fourth-order valence-electron chi connectivity index (χ4n) is 2.05. The number of aliphatic hydroxyl groups is 1. The van der Waals surface area contributed by atoms with Gasteiger partial charge in [0.1, 0.15) is 11.4 Å². The van der Waals surface area contributed by atoms with Crippen LogP contribution in [0.15, 0.2) is 4.63 Å². The van der Waals surface area contributed by atoms with E-state index in [9.17, 15) is 5.11 Å². The first-order valence-electron chi connectivity index (χ1n) is 5.90. The molecule has 1 aromatic heterocycles. The zero-order chi connectivity index (χ0) is 12.4. The highest BCUT2D eigenvalue weighted by Gasteiger charge is 2.33. The molecule has 17 heavy (non-hydrogen) atoms. The van der Waals surface area contributed by atoms with E-state index in [0.29, 0.717) is 19.6 Å². The summed E-state index contributed by atoms with van der Waals surface area (Å²) in [6.45, 7) is 7.77. The highest BCUT2D eigenvalue weighted by Crippen LogP contribution is 2.18. The fourth-order valence-corrected chi connectivity index (χ4v) is 2.05. The van der Waals surface area contributed by atoms with E-state index < -0.39 is 6.10 Å². The zero-order valence-corrected chi connectivity index (χ0v) is 10.5. The van der Waals surface area contributed by atoms with Crippen molar-refractivity contribution in [1.82, 2.24) is 15.2 Å². The zero-order valence-electron chi connectivity index (χ0n) is 10.5. The van der Waals surface area contributed by atoms with Crippen LogP contribution < -0.4 is 0 Å². The third-order valence-electron chi connectivity index (χ3n) is 2.88. The number of nitrogens with zero attached hydrogens (tertiary/aromatic N) is 3. The van der Waals surface area contributed by atoms with Crippen LogP contribution in [-0.4, -0.2) is 51.7 Å². The number of hydrogen-bond donors (Lipinski definition) is 1. The minimum Gasteiger partial charge on any atom is -0.389 e. The molecule has 1 aromatic rings. The van der Waals surface area contributed by atoms with Crippen molar-refractivity contribution in [1.29, 1.82) is 0 Å². The van der Waals surface area contributed by atoms with Crippen LogP contribution in [0.4, 0.5) is 0 Å². The summed E-state index contributed by atoms with van der Waals surface area (Å²) in [5.41, 5.74) is 1.62. The van der Waals surface area contributed by atoms with Crippen LogP contribution in [0.3, 0.4) is 0 Å². The van der Waals surface area contributed by atoms with Crippen molar-refractivity contribution in [3.05, 3.63) is 11.4 Å². The molecular weight excluding hydrogens is 222 g/mol. The lowest BCUT2D eigenvalue weighted by Gasteiger charge is -2.17. The largest absolute Gasteiger partial charge is 0.389 e. The normalized spacial score (nSPS) is 25.9. The molecule has 6 nitrogen and oxygen atoms in total. The number of aryl methyl sites for hydroxylation is 1. The predicted octanol–water partition coefficient (Wildman–Crippen LogP) is 0.348. The van der Waals surface area contributed by atoms with Gasteiger partial charge in [0, 0.05) is 19.6 Å². The van der Waals surface area contributed by atoms with Crippen LogP contribution in [0.1, 0.15) is 25.2 Å². The van der Waals surface area contributed by atoms with Crippen molar-refractivity contribution in [3.63, 3.8) is 0 Å². The first-order valence-corrected chi connectivity index (χ1v) is 5.90. The Morgan fingerprint density at radius 2 is 2.24 bits per heavy atom. The van der Waals surface area contributed by atoms with Gasteiger partial charge in [-0.3, -0.25) is 4.90 Å². The third kappa shape index (κ3) is 3.02. The van der Waals surface area contributed by atoms with Gasteiger partial charge in [0.15, 0.2) is 0 Å². The van der Waals surface area contributed by atoms with Gasteiger partial charge < -0.3 is 9.84 Å². The van der Waals surface area contributed by atoms with Gasteiger partial charge in [0.2, 0.25) is 0 Å². The Bertz CT molecular complexity index is 367. The van der Waals surface area contributed by atoms with Gasteiger partial charge in [0.05, 0.1) is 18.3 Å². The quantitative estimate of drug-likeness (QED) is 0.820. The maximum Gasteiger partial charge on any atom is 0.122 e. The molecule has 96 valence electrons. The van der Waals surface area contributed by atoms with Gasteiger partial charge in [-0.1, -0.05) is 10.3 Å². The number of β-amino-alcohol motifs (C(OH)–C–C–N with tert-alkyl or cyclic N) is 1. The number of ether oxygens (including phenoxy) is 1. The molecular formula is C11H19N3O3. The lowest BCUT2D eigenvalue weighted by atomic mass is 10.2. The molecule has 1 aliphatic heterocycles. The van der Waals surface area contributed by atoms with Crippen LogP contribution in [0.2, 0.25) is 0 Å². The number of aliphatic hydroxyl groups excluding tert-OH is 1. The Labute approximate surface area is 101 Å². The molecule has 1 N–H and O–H groups in total. The average Bonchev–Trinajstić information content (AvgIpc) is 2.76. The molecule has 0 saturated carbocycles. The molecule has 0 amide bonds. The highest BCUT2D eigenvalue weighted by atomic mass is 16.6. The van der Waals surface area contributed by atoms with Gasteiger partial charge >= 0.3 is 0 Å². The monoisotopic (exact) mass is 241 g/mol. The standard InChI is InChI=1S/C11H19N3O3/c1-7(2)16-11-6-14(5-10(11)15)4-9-8(3)12-17-13-9/h7,10-11,15H,4-6H2,1-3H3/t10-,11-/m0/s1. The minimum absolute atomic E-state index is 0.116. The molecule has 2 rings (SSSR count). The fraction of sp³-hybridized carbons (Fsp3) is 0.818. The number of aromatic nitrogens is 2. The van der Waals surface area contributed by atoms with Crippen molar-refractivity contribution in [2.75, 3.05) is 13.1 Å². The molecule has 0 aliphatic carbocycles. The average molecular weight is 241 g/mol. The van der Waals surface area contributed by atoms with Gasteiger partial charge in [-0.05, 0) is 20.8 Å². The molecule has 0 radical (unpaired) electrons. The first-order chi connectivity index (χ1) is 8.06. The van der Waals surface area contributed by atoms with Crippen molar-refractivity contribution < 1.29 is 14.5 Å². The molecule has 1 aliphatic rings. The van der Waals surface area contributed by atoms with Crippen molar-refractivity contribution in [2.24, 2.45) is 0 Å². The van der Waals surface area contributed by atoms with E-state index in [4.69, 9.17) is 4.74 Å². The van der Waals surface area contributed by atoms with Crippen LogP contribution in [0.25, 0.3) is 0 Å². The molecule has 0 aromatic carbocycles. The Morgan fingerprint density at radius 1 is 1.47 bits per heavy atom. The number of rotatable bonds is 4. The minimum atomic E-state index is -0.433. The van der Waals surface area contributed by atoms with E-state index in [0.717, 1.165) is 11.4 Å². The summed E-state index contributed by atoms with van der Waals surface area (Å²) in [6, 6.07) is 0. The predicted molar refractivity (Wildman–Crippen MR) is 60.3 cm³/mol. The summed E-state index contributed by atoms with van der Waals surface area (Å²) >= 11 is 0. The number of likely N-dealkylation sites (tertiary alicyclic amines) is 1. The van der Waals surface area contributed by atoms with E-state index in [1.54, 1.807) is 0 Å². The molecule has 2 heterocycles. The summed E-state index contributed by atoms with van der Waals surface area (Å²) < 4.78 is 10.3. The van der Waals surface area contributed by atoms with Crippen LogP contribution in [0.5, 0.6) is 0 Å². The summed E-state index contributed by atoms with van der Waals surface area (Å²) in [5, 5.41) is 17.5. The number of hydrogen-bond acceptors (Lipinski definition) is 6. The van der Waals surface area contributed by atoms with E-state index in [-0.39, 0.29) is 12.2 Å². The van der Waals surface area contributed by atoms with Crippen molar-refractivity contribution in [3.8, 4) is 0 Å². The van der Waals surface area contributed by atoms with Gasteiger partial charge in [-0.2, -0.15) is 0 Å². The van der Waals surface area contributed by atoms with Gasteiger partial charge in [0.25, 0.3) is 0 Å². The van der Waals surface area contributed by atoms with Crippen molar-refractivity contribution >= 4 is 0 Å². The third-order valence-corrected chi connectivity index (χ3v) is 2.88. The van der Waals surface area contributed by atoms with Crippen LogP contribution >= 0.6 is 0 Å². The molecule has 0 spiro atoms. The van der Waals surface area contributed by atoms with Gasteiger partial charge in [-0.15, -0.1) is 0 Å². The molecule has 0 unspecified atom stereocenters. The lowest BCUT2D eigenvalue weighted by molar-refractivity contribution is -0.0396. The first kappa shape index (κ1) is 12.5. The summed E-state index contributed by atoms with van der Waals surface area (Å²) in [4.78, 5) is 2.10. The smallest absolute Gasteiger partial charge is 0.122 e. The second-order valence-corrected chi connectivity index (χ2v) is 4.78. The van der Waals surface area contributed by atoms with Crippen molar-refractivity contribution in [2.45, 2.75) is 45.6 Å². The Hall–Kier alpha value is -0.980. The Morgan fingerprint density at radius 3 is 2.82 bits per heavy atom. The summed E-state index contributed by atoms with van der Waals surface area (Å²) in [6.07, 6.45) is -0.419. The molecule has 1 fully saturated rings.